The lowest BCUT2D eigenvalue weighted by Gasteiger charge is -1.96. The van der Waals surface area contributed by atoms with Crippen LogP contribution in [-0.2, 0) is 0 Å². The van der Waals surface area contributed by atoms with E-state index in [1.54, 1.807) is 0 Å². The largest absolute Gasteiger partial charge is 0.222 e. The van der Waals surface area contributed by atoms with E-state index in [9.17, 15) is 0 Å². The highest BCUT2D eigenvalue weighted by atomic mass is 79.9. The van der Waals surface area contributed by atoms with Crippen LogP contribution in [0.4, 0.5) is 0 Å². The van der Waals surface area contributed by atoms with Gasteiger partial charge < -0.3 is 0 Å². The predicted molar refractivity (Wildman–Crippen MR) is 44.6 cm³/mol. The minimum atomic E-state index is 0.689. The molecule has 0 fully saturated rings. The van der Waals surface area contributed by atoms with Gasteiger partial charge in [-0.3, -0.25) is 0 Å². The molecule has 0 unspecified atom stereocenters. The van der Waals surface area contributed by atoms with Gasteiger partial charge in [0, 0.05) is 0 Å². The molecule has 60 valence electrons. The van der Waals surface area contributed by atoms with Crippen LogP contribution in [0.15, 0.2) is 29.1 Å². The molecule has 0 aromatic carbocycles. The van der Waals surface area contributed by atoms with E-state index in [2.05, 4.69) is 36.4 Å². The van der Waals surface area contributed by atoms with Gasteiger partial charge in [0.05, 0.1) is 0 Å². The van der Waals surface area contributed by atoms with Gasteiger partial charge in [0.2, 0.25) is 0 Å². The minimum absolute atomic E-state index is 0.689. The van der Waals surface area contributed by atoms with Gasteiger partial charge in [-0.2, -0.15) is 4.68 Å². The molecule has 0 spiro atoms. The Hall–Kier alpha value is -1.30. The Kier molecular flexibility index (Phi) is 1.83. The summed E-state index contributed by atoms with van der Waals surface area (Å²) in [5.74, 6) is 0.689. The molecule has 2 aromatic rings. The molecule has 0 saturated carbocycles. The quantitative estimate of drug-likeness (QED) is 0.675. The Labute approximate surface area is 76.6 Å². The summed E-state index contributed by atoms with van der Waals surface area (Å²) in [5.41, 5.74) is 0. The second-order valence-corrected chi connectivity index (χ2v) is 2.89. The van der Waals surface area contributed by atoms with Gasteiger partial charge in [0.15, 0.2) is 5.82 Å². The molecular formula is C6H4BrN5. The molecule has 0 atom stereocenters. The smallest absolute Gasteiger partial charge is 0.158 e. The maximum absolute atomic E-state index is 4.15. The van der Waals surface area contributed by atoms with Crippen LogP contribution in [0.25, 0.3) is 5.82 Å². The first-order valence-electron chi connectivity index (χ1n) is 3.22. The van der Waals surface area contributed by atoms with Gasteiger partial charge in [0.1, 0.15) is 10.9 Å². The molecule has 0 saturated heterocycles. The summed E-state index contributed by atoms with van der Waals surface area (Å²) in [5, 5.41) is 10.7. The van der Waals surface area contributed by atoms with Gasteiger partial charge in [-0.25, -0.2) is 4.98 Å². The lowest BCUT2D eigenvalue weighted by atomic mass is 10.5. The van der Waals surface area contributed by atoms with Crippen molar-refractivity contribution in [1.29, 1.82) is 0 Å². The van der Waals surface area contributed by atoms with Gasteiger partial charge in [-0.05, 0) is 38.5 Å². The fourth-order valence-electron chi connectivity index (χ4n) is 0.791. The van der Waals surface area contributed by atoms with E-state index in [1.807, 2.05) is 18.2 Å². The number of nitrogens with zero attached hydrogens (tertiary/aromatic N) is 5. The molecule has 2 heterocycles. The average Bonchev–Trinajstić information content (AvgIpc) is 2.56. The van der Waals surface area contributed by atoms with E-state index in [1.165, 1.54) is 11.0 Å². The fourth-order valence-corrected chi connectivity index (χ4v) is 1.13. The maximum Gasteiger partial charge on any atom is 0.158 e. The summed E-state index contributed by atoms with van der Waals surface area (Å²) in [7, 11) is 0. The second kappa shape index (κ2) is 2.98. The van der Waals surface area contributed by atoms with Crippen molar-refractivity contribution in [2.45, 2.75) is 0 Å². The molecular weight excluding hydrogens is 222 g/mol. The van der Waals surface area contributed by atoms with Crippen LogP contribution in [0.2, 0.25) is 0 Å². The third-order valence-corrected chi connectivity index (χ3v) is 1.73. The summed E-state index contributed by atoms with van der Waals surface area (Å²) in [6, 6.07) is 5.53. The predicted octanol–water partition coefficient (Wildman–Crippen LogP) is 0.820. The summed E-state index contributed by atoms with van der Waals surface area (Å²) >= 11 is 3.25. The van der Waals surface area contributed by atoms with E-state index in [4.69, 9.17) is 0 Å². The number of pyridine rings is 1. The molecule has 2 aromatic heterocycles. The fraction of sp³-hybridized carbons (Fsp3) is 0. The summed E-state index contributed by atoms with van der Waals surface area (Å²) in [4.78, 5) is 4.15. The zero-order valence-electron chi connectivity index (χ0n) is 5.92. The number of hydrogen-bond acceptors (Lipinski definition) is 4. The second-order valence-electron chi connectivity index (χ2n) is 2.07. The minimum Gasteiger partial charge on any atom is -0.222 e. The van der Waals surface area contributed by atoms with Crippen LogP contribution in [-0.4, -0.2) is 25.2 Å². The average molecular weight is 226 g/mol. The molecule has 5 nitrogen and oxygen atoms in total. The Morgan fingerprint density at radius 3 is 2.92 bits per heavy atom. The number of tetrazole rings is 1. The topological polar surface area (TPSA) is 56.5 Å². The van der Waals surface area contributed by atoms with Crippen molar-refractivity contribution in [1.82, 2.24) is 25.2 Å². The molecule has 0 radical (unpaired) electrons. The standard InChI is InChI=1S/C6H4BrN5/c7-5-2-1-3-6(9-5)12-4-8-10-11-12/h1-4H. The van der Waals surface area contributed by atoms with Crippen LogP contribution < -0.4 is 0 Å². The first-order chi connectivity index (χ1) is 5.86. The number of aromatic nitrogens is 5. The lowest BCUT2D eigenvalue weighted by Crippen LogP contribution is -1.97. The normalized spacial score (nSPS) is 10.1. The van der Waals surface area contributed by atoms with Crippen LogP contribution in [0.1, 0.15) is 0 Å². The maximum atomic E-state index is 4.15. The Morgan fingerprint density at radius 1 is 1.33 bits per heavy atom. The zero-order chi connectivity index (χ0) is 8.39. The zero-order valence-corrected chi connectivity index (χ0v) is 7.51. The molecule has 2 rings (SSSR count). The van der Waals surface area contributed by atoms with Gasteiger partial charge in [0.25, 0.3) is 0 Å². The van der Waals surface area contributed by atoms with Crippen molar-refractivity contribution in [3.8, 4) is 5.82 Å². The van der Waals surface area contributed by atoms with E-state index in [-0.39, 0.29) is 0 Å². The van der Waals surface area contributed by atoms with Crippen molar-refractivity contribution in [3.63, 3.8) is 0 Å². The number of halogens is 1. The number of hydrogen-bond donors (Lipinski definition) is 0. The van der Waals surface area contributed by atoms with Crippen molar-refractivity contribution in [2.75, 3.05) is 0 Å². The van der Waals surface area contributed by atoms with E-state index in [0.717, 1.165) is 4.60 Å². The molecule has 12 heavy (non-hydrogen) atoms. The first-order valence-corrected chi connectivity index (χ1v) is 4.01. The Morgan fingerprint density at radius 2 is 2.25 bits per heavy atom. The molecule has 0 aliphatic carbocycles. The Balaban J connectivity index is 2.48. The van der Waals surface area contributed by atoms with Crippen LogP contribution >= 0.6 is 15.9 Å². The highest BCUT2D eigenvalue weighted by molar-refractivity contribution is 9.10. The van der Waals surface area contributed by atoms with Gasteiger partial charge in [-0.1, -0.05) is 6.07 Å². The van der Waals surface area contributed by atoms with Gasteiger partial charge in [-0.15, -0.1) is 5.10 Å². The number of rotatable bonds is 1. The van der Waals surface area contributed by atoms with Crippen LogP contribution in [0, 0.1) is 0 Å². The summed E-state index contributed by atoms with van der Waals surface area (Å²) < 4.78 is 2.25. The van der Waals surface area contributed by atoms with E-state index >= 15 is 0 Å². The van der Waals surface area contributed by atoms with E-state index < -0.39 is 0 Å². The monoisotopic (exact) mass is 225 g/mol. The molecule has 0 amide bonds. The molecule has 6 heteroatoms. The summed E-state index contributed by atoms with van der Waals surface area (Å²) in [6.07, 6.45) is 1.49. The molecule has 0 aliphatic heterocycles. The highest BCUT2D eigenvalue weighted by Gasteiger charge is 1.98. The molecule has 0 N–H and O–H groups in total. The lowest BCUT2D eigenvalue weighted by molar-refractivity contribution is 0.769. The van der Waals surface area contributed by atoms with Gasteiger partial charge >= 0.3 is 0 Å². The summed E-state index contributed by atoms with van der Waals surface area (Å²) in [6.45, 7) is 0. The van der Waals surface area contributed by atoms with E-state index in [0.29, 0.717) is 5.82 Å². The Bertz CT molecular complexity index is 371. The first kappa shape index (κ1) is 7.35. The molecule has 0 bridgehead atoms. The van der Waals surface area contributed by atoms with Crippen LogP contribution in [0.5, 0.6) is 0 Å². The van der Waals surface area contributed by atoms with Crippen molar-refractivity contribution in [2.24, 2.45) is 0 Å². The molecule has 0 aliphatic rings. The van der Waals surface area contributed by atoms with Crippen molar-refractivity contribution < 1.29 is 0 Å². The van der Waals surface area contributed by atoms with Crippen LogP contribution in [0.3, 0.4) is 0 Å². The van der Waals surface area contributed by atoms with Crippen molar-refractivity contribution >= 4 is 15.9 Å². The van der Waals surface area contributed by atoms with Crippen molar-refractivity contribution in [3.05, 3.63) is 29.1 Å². The third-order valence-electron chi connectivity index (χ3n) is 1.28. The highest BCUT2D eigenvalue weighted by Crippen LogP contribution is 2.07. The SMILES string of the molecule is Brc1cccc(-n2cnnn2)n1. The third kappa shape index (κ3) is 1.33.